The molecule has 0 spiro atoms. The average molecular weight is 221 g/mol. The van der Waals surface area contributed by atoms with Gasteiger partial charge in [0.05, 0.1) is 5.69 Å². The zero-order valence-electron chi connectivity index (χ0n) is 8.83. The summed E-state index contributed by atoms with van der Waals surface area (Å²) in [6, 6.07) is 5.49. The number of hydrogen-bond acceptors (Lipinski definition) is 3. The number of amides is 1. The summed E-state index contributed by atoms with van der Waals surface area (Å²) in [4.78, 5) is 11.4. The lowest BCUT2D eigenvalue weighted by Crippen LogP contribution is -2.24. The van der Waals surface area contributed by atoms with Crippen LogP contribution in [0.15, 0.2) is 18.2 Å². The largest absolute Gasteiger partial charge is 0.327 e. The lowest BCUT2D eigenvalue weighted by molar-refractivity contribution is -0.116. The van der Waals surface area contributed by atoms with Crippen LogP contribution < -0.4 is 11.1 Å². The minimum absolute atomic E-state index is 0.126. The zero-order valence-corrected chi connectivity index (χ0v) is 8.83. The van der Waals surface area contributed by atoms with E-state index in [-0.39, 0.29) is 29.6 Å². The van der Waals surface area contributed by atoms with Crippen LogP contribution in [0.25, 0.3) is 0 Å². The number of carbonyl (C=O) groups is 1. The summed E-state index contributed by atoms with van der Waals surface area (Å²) in [7, 11) is 0. The fraction of sp³-hybridized carbons (Fsp3) is 0.273. The van der Waals surface area contributed by atoms with E-state index in [1.165, 1.54) is 18.2 Å². The number of nitriles is 1. The van der Waals surface area contributed by atoms with Crippen molar-refractivity contribution < 1.29 is 9.18 Å². The summed E-state index contributed by atoms with van der Waals surface area (Å²) < 4.78 is 13.2. The van der Waals surface area contributed by atoms with E-state index in [0.29, 0.717) is 0 Å². The van der Waals surface area contributed by atoms with Gasteiger partial charge in [0, 0.05) is 12.5 Å². The number of nitrogens with one attached hydrogen (secondary N) is 1. The van der Waals surface area contributed by atoms with Crippen molar-refractivity contribution >= 4 is 11.6 Å². The summed E-state index contributed by atoms with van der Waals surface area (Å²) in [6.07, 6.45) is 0.126. The molecule has 0 heterocycles. The summed E-state index contributed by atoms with van der Waals surface area (Å²) in [5, 5.41) is 11.2. The molecule has 3 N–H and O–H groups in total. The molecule has 1 amide bonds. The minimum atomic E-state index is -0.652. The first-order valence-electron chi connectivity index (χ1n) is 4.78. The van der Waals surface area contributed by atoms with Gasteiger partial charge in [0.15, 0.2) is 0 Å². The molecule has 1 atom stereocenters. The Bertz CT molecular complexity index is 437. The number of nitrogens with zero attached hydrogens (tertiary/aromatic N) is 1. The van der Waals surface area contributed by atoms with Gasteiger partial charge in [-0.2, -0.15) is 5.26 Å². The van der Waals surface area contributed by atoms with Crippen molar-refractivity contribution in [2.24, 2.45) is 5.73 Å². The second-order valence-corrected chi connectivity index (χ2v) is 3.50. The topological polar surface area (TPSA) is 78.9 Å². The monoisotopic (exact) mass is 221 g/mol. The second kappa shape index (κ2) is 5.24. The van der Waals surface area contributed by atoms with Crippen molar-refractivity contribution in [2.45, 2.75) is 19.4 Å². The van der Waals surface area contributed by atoms with E-state index in [0.717, 1.165) is 0 Å². The van der Waals surface area contributed by atoms with Crippen LogP contribution in [0.1, 0.15) is 18.9 Å². The number of rotatable bonds is 3. The number of halogens is 1. The van der Waals surface area contributed by atoms with Gasteiger partial charge in [-0.3, -0.25) is 4.79 Å². The molecule has 0 fully saturated rings. The van der Waals surface area contributed by atoms with E-state index in [1.54, 1.807) is 13.0 Å². The number of nitrogens with two attached hydrogens (primary N) is 1. The smallest absolute Gasteiger partial charge is 0.225 e. The van der Waals surface area contributed by atoms with Crippen LogP contribution >= 0.6 is 0 Å². The Balaban J connectivity index is 2.86. The Morgan fingerprint density at radius 1 is 1.69 bits per heavy atom. The van der Waals surface area contributed by atoms with E-state index in [2.05, 4.69) is 5.32 Å². The molecule has 0 aromatic heterocycles. The lowest BCUT2D eigenvalue weighted by atomic mass is 10.1. The van der Waals surface area contributed by atoms with E-state index >= 15 is 0 Å². The first-order chi connectivity index (χ1) is 7.54. The predicted molar refractivity (Wildman–Crippen MR) is 58.0 cm³/mol. The van der Waals surface area contributed by atoms with Crippen molar-refractivity contribution in [1.29, 1.82) is 5.26 Å². The lowest BCUT2D eigenvalue weighted by Gasteiger charge is -2.08. The van der Waals surface area contributed by atoms with Gasteiger partial charge >= 0.3 is 0 Å². The van der Waals surface area contributed by atoms with Gasteiger partial charge in [-0.05, 0) is 19.1 Å². The van der Waals surface area contributed by atoms with Gasteiger partial charge < -0.3 is 11.1 Å². The van der Waals surface area contributed by atoms with Crippen LogP contribution in [0.4, 0.5) is 10.1 Å². The average Bonchev–Trinajstić information content (AvgIpc) is 2.16. The first kappa shape index (κ1) is 12.1. The molecule has 1 aromatic rings. The molecule has 0 aliphatic carbocycles. The summed E-state index contributed by atoms with van der Waals surface area (Å²) in [5.41, 5.74) is 5.46. The van der Waals surface area contributed by atoms with E-state index < -0.39 is 5.82 Å². The Morgan fingerprint density at radius 2 is 2.38 bits per heavy atom. The SMILES string of the molecule is CC(N)CC(=O)Nc1cccc(F)c1C#N. The molecule has 1 aromatic carbocycles. The van der Waals surface area contributed by atoms with Crippen molar-refractivity contribution in [3.8, 4) is 6.07 Å². The molecule has 1 unspecified atom stereocenters. The van der Waals surface area contributed by atoms with Crippen molar-refractivity contribution in [2.75, 3.05) is 5.32 Å². The molecule has 84 valence electrons. The fourth-order valence-corrected chi connectivity index (χ4v) is 1.24. The molecule has 0 saturated carbocycles. The number of benzene rings is 1. The Labute approximate surface area is 92.9 Å². The standard InChI is InChI=1S/C11H12FN3O/c1-7(14)5-11(16)15-10-4-2-3-9(12)8(10)6-13/h2-4,7H,5,14H2,1H3,(H,15,16). The third-order valence-corrected chi connectivity index (χ3v) is 1.91. The minimum Gasteiger partial charge on any atom is -0.327 e. The zero-order chi connectivity index (χ0) is 12.1. The highest BCUT2D eigenvalue weighted by atomic mass is 19.1. The molecule has 0 radical (unpaired) electrons. The molecular formula is C11H12FN3O. The Morgan fingerprint density at radius 3 is 2.94 bits per heavy atom. The molecule has 0 bridgehead atoms. The maximum atomic E-state index is 13.2. The normalized spacial score (nSPS) is 11.6. The highest BCUT2D eigenvalue weighted by molar-refractivity contribution is 5.92. The molecule has 16 heavy (non-hydrogen) atoms. The maximum absolute atomic E-state index is 13.2. The van der Waals surface area contributed by atoms with E-state index in [9.17, 15) is 9.18 Å². The van der Waals surface area contributed by atoms with Crippen LogP contribution in [0.2, 0.25) is 0 Å². The second-order valence-electron chi connectivity index (χ2n) is 3.50. The Kier molecular flexibility index (Phi) is 3.97. The van der Waals surface area contributed by atoms with Gasteiger partial charge in [-0.25, -0.2) is 4.39 Å². The van der Waals surface area contributed by atoms with Crippen LogP contribution in [0.5, 0.6) is 0 Å². The van der Waals surface area contributed by atoms with Crippen molar-refractivity contribution in [3.05, 3.63) is 29.6 Å². The Hall–Kier alpha value is -1.93. The molecular weight excluding hydrogens is 209 g/mol. The molecule has 0 saturated heterocycles. The van der Waals surface area contributed by atoms with Crippen LogP contribution in [0.3, 0.4) is 0 Å². The maximum Gasteiger partial charge on any atom is 0.225 e. The predicted octanol–water partition coefficient (Wildman–Crippen LogP) is 1.37. The van der Waals surface area contributed by atoms with Crippen LogP contribution in [-0.4, -0.2) is 11.9 Å². The van der Waals surface area contributed by atoms with Gasteiger partial charge in [-0.1, -0.05) is 6.07 Å². The van der Waals surface area contributed by atoms with Crippen molar-refractivity contribution in [1.82, 2.24) is 0 Å². The van der Waals surface area contributed by atoms with Crippen LogP contribution in [0, 0.1) is 17.1 Å². The van der Waals surface area contributed by atoms with Crippen LogP contribution in [-0.2, 0) is 4.79 Å². The van der Waals surface area contributed by atoms with Crippen molar-refractivity contribution in [3.63, 3.8) is 0 Å². The number of carbonyl (C=O) groups excluding carboxylic acids is 1. The number of hydrogen-bond donors (Lipinski definition) is 2. The fourth-order valence-electron chi connectivity index (χ4n) is 1.24. The first-order valence-corrected chi connectivity index (χ1v) is 4.78. The molecule has 5 heteroatoms. The van der Waals surface area contributed by atoms with E-state index in [4.69, 9.17) is 11.0 Å². The van der Waals surface area contributed by atoms with Gasteiger partial charge in [0.1, 0.15) is 17.4 Å². The summed E-state index contributed by atoms with van der Waals surface area (Å²) >= 11 is 0. The third-order valence-electron chi connectivity index (χ3n) is 1.91. The highest BCUT2D eigenvalue weighted by Gasteiger charge is 2.11. The van der Waals surface area contributed by atoms with Gasteiger partial charge in [-0.15, -0.1) is 0 Å². The third kappa shape index (κ3) is 3.04. The summed E-state index contributed by atoms with van der Waals surface area (Å²) in [5.74, 6) is -0.988. The quantitative estimate of drug-likeness (QED) is 0.809. The molecule has 0 aliphatic rings. The summed E-state index contributed by atoms with van der Waals surface area (Å²) in [6.45, 7) is 1.69. The molecule has 4 nitrogen and oxygen atoms in total. The number of anilines is 1. The van der Waals surface area contributed by atoms with Gasteiger partial charge in [0.2, 0.25) is 5.91 Å². The highest BCUT2D eigenvalue weighted by Crippen LogP contribution is 2.17. The van der Waals surface area contributed by atoms with E-state index in [1.807, 2.05) is 0 Å². The molecule has 0 aliphatic heterocycles. The van der Waals surface area contributed by atoms with Gasteiger partial charge in [0.25, 0.3) is 0 Å². The molecule has 1 rings (SSSR count).